The van der Waals surface area contributed by atoms with E-state index >= 15 is 0 Å². The minimum absolute atomic E-state index is 0.132. The molecule has 0 saturated carbocycles. The van der Waals surface area contributed by atoms with Gasteiger partial charge in [-0.1, -0.05) is 12.1 Å². The van der Waals surface area contributed by atoms with Crippen molar-refractivity contribution in [3.8, 4) is 5.75 Å². The Hall–Kier alpha value is -1.92. The Morgan fingerprint density at radius 1 is 1.39 bits per heavy atom. The highest BCUT2D eigenvalue weighted by atomic mass is 16.3. The Balaban J connectivity index is 2.59. The summed E-state index contributed by atoms with van der Waals surface area (Å²) in [4.78, 5) is 22.2. The molecule has 6 nitrogen and oxygen atoms in total. The summed E-state index contributed by atoms with van der Waals surface area (Å²) in [6.45, 7) is -0.476. The lowest BCUT2D eigenvalue weighted by Gasteiger charge is -2.15. The van der Waals surface area contributed by atoms with Crippen LogP contribution in [-0.4, -0.2) is 41.1 Å². The van der Waals surface area contributed by atoms with E-state index in [1.807, 2.05) is 0 Å². The number of nitrogens with one attached hydrogen (secondary N) is 1. The molecule has 1 rings (SSSR count). The van der Waals surface area contributed by atoms with Crippen LogP contribution in [0.25, 0.3) is 0 Å². The van der Waals surface area contributed by atoms with Crippen LogP contribution in [0.15, 0.2) is 24.3 Å². The molecule has 0 spiro atoms. The Morgan fingerprint density at radius 3 is 2.50 bits per heavy atom. The van der Waals surface area contributed by atoms with Crippen molar-refractivity contribution < 1.29 is 19.8 Å². The second kappa shape index (κ2) is 6.73. The second-order valence-electron chi connectivity index (χ2n) is 3.91. The molecule has 0 aliphatic heterocycles. The van der Waals surface area contributed by atoms with E-state index in [0.29, 0.717) is 12.7 Å². The number of carbonyl (C=O) groups excluding carboxylic acids is 2. The summed E-state index contributed by atoms with van der Waals surface area (Å²) in [6, 6.07) is 4.57. The van der Waals surface area contributed by atoms with Crippen molar-refractivity contribution in [2.24, 2.45) is 5.73 Å². The number of aliphatic hydroxyl groups excluding tert-OH is 1. The van der Waals surface area contributed by atoms with Crippen LogP contribution in [0.2, 0.25) is 0 Å². The number of benzene rings is 1. The van der Waals surface area contributed by atoms with E-state index in [9.17, 15) is 9.59 Å². The molecule has 0 unspecified atom stereocenters. The molecule has 98 valence electrons. The number of hydrogen-bond donors (Lipinski definition) is 4. The highest BCUT2D eigenvalue weighted by Gasteiger charge is 2.17. The van der Waals surface area contributed by atoms with Crippen molar-refractivity contribution in [2.75, 3.05) is 6.61 Å². The zero-order valence-corrected chi connectivity index (χ0v) is 9.74. The van der Waals surface area contributed by atoms with Gasteiger partial charge >= 0.3 is 0 Å². The van der Waals surface area contributed by atoms with Gasteiger partial charge in [0.25, 0.3) is 0 Å². The first-order chi connectivity index (χ1) is 8.56. The molecule has 0 fully saturated rings. The van der Waals surface area contributed by atoms with E-state index in [2.05, 4.69) is 5.32 Å². The molecular weight excluding hydrogens is 236 g/mol. The van der Waals surface area contributed by atoms with Crippen molar-refractivity contribution >= 4 is 12.2 Å². The molecule has 0 aliphatic rings. The van der Waals surface area contributed by atoms with Crippen molar-refractivity contribution in [3.05, 3.63) is 29.8 Å². The van der Waals surface area contributed by atoms with Crippen LogP contribution in [0.5, 0.6) is 5.75 Å². The number of nitrogens with two attached hydrogens (primary N) is 1. The number of phenolic OH excluding ortho intramolecular Hbond substituents is 1. The molecule has 0 bridgehead atoms. The SMILES string of the molecule is N[C@@H](CO)C(=O)N[C@H](C=O)Cc1ccc(O)cc1. The summed E-state index contributed by atoms with van der Waals surface area (Å²) in [5.41, 5.74) is 6.12. The number of hydrogen-bond acceptors (Lipinski definition) is 5. The van der Waals surface area contributed by atoms with Crippen molar-refractivity contribution in [2.45, 2.75) is 18.5 Å². The Labute approximate surface area is 104 Å². The van der Waals surface area contributed by atoms with Gasteiger partial charge in [0.1, 0.15) is 18.1 Å². The van der Waals surface area contributed by atoms with E-state index in [1.165, 1.54) is 12.1 Å². The minimum atomic E-state index is -1.03. The lowest BCUT2D eigenvalue weighted by Crippen LogP contribution is -2.48. The van der Waals surface area contributed by atoms with Gasteiger partial charge in [-0.25, -0.2) is 0 Å². The number of aldehydes is 1. The average Bonchev–Trinajstić information content (AvgIpc) is 2.39. The van der Waals surface area contributed by atoms with Crippen molar-refractivity contribution in [1.29, 1.82) is 0 Å². The first kappa shape index (κ1) is 14.1. The molecule has 0 aliphatic carbocycles. The highest BCUT2D eigenvalue weighted by molar-refractivity contribution is 5.84. The summed E-state index contributed by atoms with van der Waals surface area (Å²) in [6.07, 6.45) is 0.905. The van der Waals surface area contributed by atoms with E-state index < -0.39 is 24.6 Å². The molecule has 2 atom stereocenters. The first-order valence-electron chi connectivity index (χ1n) is 5.47. The molecule has 5 N–H and O–H groups in total. The van der Waals surface area contributed by atoms with E-state index in [-0.39, 0.29) is 5.75 Å². The van der Waals surface area contributed by atoms with Gasteiger partial charge in [-0.3, -0.25) is 4.79 Å². The predicted molar refractivity (Wildman–Crippen MR) is 64.9 cm³/mol. The molecular formula is C12H16N2O4. The van der Waals surface area contributed by atoms with E-state index in [0.717, 1.165) is 5.56 Å². The maximum absolute atomic E-state index is 11.4. The fraction of sp³-hybridized carbons (Fsp3) is 0.333. The largest absolute Gasteiger partial charge is 0.508 e. The van der Waals surface area contributed by atoms with Gasteiger partial charge < -0.3 is 26.1 Å². The lowest BCUT2D eigenvalue weighted by atomic mass is 10.1. The summed E-state index contributed by atoms with van der Waals surface area (Å²) >= 11 is 0. The number of phenols is 1. The zero-order valence-electron chi connectivity index (χ0n) is 9.74. The third-order valence-electron chi connectivity index (χ3n) is 2.42. The molecule has 1 aromatic carbocycles. The fourth-order valence-electron chi connectivity index (χ4n) is 1.39. The molecule has 1 amide bonds. The average molecular weight is 252 g/mol. The molecule has 0 heterocycles. The summed E-state index contributed by atoms with van der Waals surface area (Å²) < 4.78 is 0. The maximum Gasteiger partial charge on any atom is 0.239 e. The number of aromatic hydroxyl groups is 1. The third kappa shape index (κ3) is 4.15. The van der Waals surface area contributed by atoms with Crippen LogP contribution in [0.4, 0.5) is 0 Å². The van der Waals surface area contributed by atoms with E-state index in [1.54, 1.807) is 12.1 Å². The number of aliphatic hydroxyl groups is 1. The quantitative estimate of drug-likeness (QED) is 0.482. The van der Waals surface area contributed by atoms with Gasteiger partial charge in [0, 0.05) is 0 Å². The Morgan fingerprint density at radius 2 is 2.00 bits per heavy atom. The molecule has 0 aromatic heterocycles. The summed E-state index contributed by atoms with van der Waals surface area (Å²) in [5, 5.41) is 20.2. The van der Waals surface area contributed by atoms with Crippen molar-refractivity contribution in [3.63, 3.8) is 0 Å². The van der Waals surface area contributed by atoms with Crippen molar-refractivity contribution in [1.82, 2.24) is 5.32 Å². The normalized spacial score (nSPS) is 13.7. The van der Waals surface area contributed by atoms with Gasteiger partial charge in [-0.05, 0) is 24.1 Å². The third-order valence-corrected chi connectivity index (χ3v) is 2.42. The maximum atomic E-state index is 11.4. The van der Waals surface area contributed by atoms with E-state index in [4.69, 9.17) is 15.9 Å². The number of amides is 1. The Kier molecular flexibility index (Phi) is 5.29. The zero-order chi connectivity index (χ0) is 13.5. The van der Waals surface area contributed by atoms with Gasteiger partial charge in [-0.15, -0.1) is 0 Å². The number of rotatable bonds is 6. The van der Waals surface area contributed by atoms with Crippen LogP contribution in [-0.2, 0) is 16.0 Å². The molecule has 18 heavy (non-hydrogen) atoms. The first-order valence-corrected chi connectivity index (χ1v) is 5.47. The molecule has 0 saturated heterocycles. The monoisotopic (exact) mass is 252 g/mol. The highest BCUT2D eigenvalue weighted by Crippen LogP contribution is 2.10. The number of carbonyl (C=O) groups is 2. The van der Waals surface area contributed by atoms with Gasteiger partial charge in [0.15, 0.2) is 0 Å². The second-order valence-corrected chi connectivity index (χ2v) is 3.91. The smallest absolute Gasteiger partial charge is 0.239 e. The van der Waals surface area contributed by atoms with Crippen LogP contribution in [0.1, 0.15) is 5.56 Å². The van der Waals surface area contributed by atoms with Crippen LogP contribution in [0, 0.1) is 0 Å². The summed E-state index contributed by atoms with van der Waals surface area (Å²) in [7, 11) is 0. The molecule has 0 radical (unpaired) electrons. The van der Waals surface area contributed by atoms with Crippen LogP contribution in [0.3, 0.4) is 0 Å². The van der Waals surface area contributed by atoms with Gasteiger partial charge in [-0.2, -0.15) is 0 Å². The topological polar surface area (TPSA) is 113 Å². The Bertz CT molecular complexity index is 405. The van der Waals surface area contributed by atoms with Crippen LogP contribution >= 0.6 is 0 Å². The van der Waals surface area contributed by atoms with Gasteiger partial charge in [0.2, 0.25) is 5.91 Å². The summed E-state index contributed by atoms with van der Waals surface area (Å²) in [5.74, 6) is -0.443. The lowest BCUT2D eigenvalue weighted by molar-refractivity contribution is -0.125. The van der Waals surface area contributed by atoms with Gasteiger partial charge in [0.05, 0.1) is 12.6 Å². The van der Waals surface area contributed by atoms with Crippen LogP contribution < -0.4 is 11.1 Å². The molecule has 6 heteroatoms. The standard InChI is InChI=1S/C12H16N2O4/c13-11(7-16)12(18)14-9(6-15)5-8-1-3-10(17)4-2-8/h1-4,6,9,11,16-17H,5,7,13H2,(H,14,18)/t9-,11-/m0/s1. The predicted octanol–water partition coefficient (Wildman–Crippen LogP) is -1.06. The molecule has 1 aromatic rings. The fourth-order valence-corrected chi connectivity index (χ4v) is 1.39. The minimum Gasteiger partial charge on any atom is -0.508 e.